The lowest BCUT2D eigenvalue weighted by molar-refractivity contribution is 0.193. The molecule has 0 aromatic rings. The Morgan fingerprint density at radius 2 is 1.83 bits per heavy atom. The number of hydrogen-bond donors (Lipinski definition) is 1. The van der Waals surface area contributed by atoms with E-state index in [2.05, 4.69) is 65.3 Å². The summed E-state index contributed by atoms with van der Waals surface area (Å²) >= 11 is 0. The lowest BCUT2D eigenvalue weighted by Gasteiger charge is -2.43. The lowest BCUT2D eigenvalue weighted by atomic mass is 9.78. The number of rotatable bonds is 4. The quantitative estimate of drug-likeness (QED) is 0.854. The number of aliphatic imine (C=N–C) groups is 1. The summed E-state index contributed by atoms with van der Waals surface area (Å²) in [4.78, 5) is 10.1. The van der Waals surface area contributed by atoms with Crippen LogP contribution in [0.15, 0.2) is 16.3 Å². The van der Waals surface area contributed by atoms with E-state index in [1.54, 1.807) is 0 Å². The highest BCUT2D eigenvalue weighted by molar-refractivity contribution is 5.90. The van der Waals surface area contributed by atoms with Crippen LogP contribution >= 0.6 is 0 Å². The van der Waals surface area contributed by atoms with Gasteiger partial charge in [0.25, 0.3) is 0 Å². The number of aliphatic hydroxyl groups is 1. The molecule has 24 heavy (non-hydrogen) atoms. The summed E-state index contributed by atoms with van der Waals surface area (Å²) in [6, 6.07) is 0.635. The fourth-order valence-corrected chi connectivity index (χ4v) is 4.14. The molecule has 0 saturated carbocycles. The van der Waals surface area contributed by atoms with Crippen LogP contribution in [0.2, 0.25) is 0 Å². The maximum atomic E-state index is 9.38. The first-order chi connectivity index (χ1) is 11.0. The summed E-state index contributed by atoms with van der Waals surface area (Å²) in [5.74, 6) is 1.23. The van der Waals surface area contributed by atoms with Gasteiger partial charge in [0, 0.05) is 24.2 Å². The zero-order valence-corrected chi connectivity index (χ0v) is 17.0. The first kappa shape index (κ1) is 19.5. The summed E-state index contributed by atoms with van der Waals surface area (Å²) < 4.78 is 0. The predicted molar refractivity (Wildman–Crippen MR) is 102 cm³/mol. The largest absolute Gasteiger partial charge is 0.395 e. The van der Waals surface area contributed by atoms with Crippen LogP contribution in [0.5, 0.6) is 0 Å². The topological polar surface area (TPSA) is 39.1 Å². The first-order valence-corrected chi connectivity index (χ1v) is 9.42. The number of likely N-dealkylation sites (N-methyl/N-ethyl adjacent to an activating group) is 1. The van der Waals surface area contributed by atoms with E-state index in [4.69, 9.17) is 4.99 Å². The molecule has 2 heterocycles. The minimum absolute atomic E-state index is 0.0401. The van der Waals surface area contributed by atoms with Crippen molar-refractivity contribution >= 4 is 5.84 Å². The van der Waals surface area contributed by atoms with Gasteiger partial charge in [-0.15, -0.1) is 0 Å². The van der Waals surface area contributed by atoms with E-state index in [1.807, 2.05) is 0 Å². The molecule has 1 fully saturated rings. The molecule has 2 unspecified atom stereocenters. The van der Waals surface area contributed by atoms with Gasteiger partial charge >= 0.3 is 0 Å². The monoisotopic (exact) mass is 335 g/mol. The van der Waals surface area contributed by atoms with Gasteiger partial charge in [-0.25, -0.2) is 0 Å². The summed E-state index contributed by atoms with van der Waals surface area (Å²) in [6.07, 6.45) is 2.15. The molecule has 0 bridgehead atoms. The average molecular weight is 336 g/mol. The number of nitrogens with zero attached hydrogens (tertiary/aromatic N) is 3. The Bertz CT molecular complexity index is 522. The SMILES string of the molecule is CCC1=C2C(N(C)CCO)CCN2C(C(C)(C)C)=NC1C(C)(C)C. The van der Waals surface area contributed by atoms with Crippen molar-refractivity contribution < 1.29 is 5.11 Å². The molecule has 138 valence electrons. The van der Waals surface area contributed by atoms with E-state index in [-0.39, 0.29) is 23.5 Å². The van der Waals surface area contributed by atoms with Crippen molar-refractivity contribution in [2.75, 3.05) is 26.7 Å². The third kappa shape index (κ3) is 3.55. The van der Waals surface area contributed by atoms with Gasteiger partial charge in [0.1, 0.15) is 5.84 Å². The lowest BCUT2D eigenvalue weighted by Crippen LogP contribution is -2.47. The molecule has 0 spiro atoms. The molecule has 0 amide bonds. The molecule has 4 nitrogen and oxygen atoms in total. The van der Waals surface area contributed by atoms with Crippen molar-refractivity contribution in [3.8, 4) is 0 Å². The number of aliphatic hydroxyl groups excluding tert-OH is 1. The summed E-state index contributed by atoms with van der Waals surface area (Å²) in [5.41, 5.74) is 3.11. The van der Waals surface area contributed by atoms with Crippen LogP contribution in [0, 0.1) is 10.8 Å². The third-order valence-electron chi connectivity index (χ3n) is 5.26. The van der Waals surface area contributed by atoms with Crippen molar-refractivity contribution in [1.82, 2.24) is 9.80 Å². The molecule has 2 rings (SSSR count). The average Bonchev–Trinajstić information content (AvgIpc) is 2.88. The van der Waals surface area contributed by atoms with Crippen LogP contribution in [0.1, 0.15) is 61.3 Å². The minimum Gasteiger partial charge on any atom is -0.395 e. The second-order valence-corrected chi connectivity index (χ2v) is 9.40. The molecule has 0 aromatic heterocycles. The fraction of sp³-hybridized carbons (Fsp3) is 0.850. The van der Waals surface area contributed by atoms with E-state index in [1.165, 1.54) is 17.1 Å². The van der Waals surface area contributed by atoms with Gasteiger partial charge in [0.05, 0.1) is 18.7 Å². The molecule has 0 aliphatic carbocycles. The van der Waals surface area contributed by atoms with Gasteiger partial charge in [-0.2, -0.15) is 0 Å². The first-order valence-electron chi connectivity index (χ1n) is 9.42. The normalized spacial score (nSPS) is 25.4. The third-order valence-corrected chi connectivity index (χ3v) is 5.26. The number of amidine groups is 1. The Balaban J connectivity index is 2.56. The van der Waals surface area contributed by atoms with Crippen LogP contribution < -0.4 is 0 Å². The second-order valence-electron chi connectivity index (χ2n) is 9.40. The predicted octanol–water partition coefficient (Wildman–Crippen LogP) is 3.52. The highest BCUT2D eigenvalue weighted by Crippen LogP contribution is 2.43. The summed E-state index contributed by atoms with van der Waals surface area (Å²) in [6.45, 7) is 17.9. The number of fused-ring (bicyclic) bond motifs is 1. The standard InChI is InChI=1S/C20H37N3O/c1-9-14-16-15(22(8)12-13-24)10-11-23(16)18(20(5,6)7)21-17(14)19(2,3)4/h15,17,24H,9-13H2,1-8H3. The van der Waals surface area contributed by atoms with Crippen molar-refractivity contribution in [2.24, 2.45) is 15.8 Å². The Kier molecular flexibility index (Phi) is 5.51. The van der Waals surface area contributed by atoms with Crippen molar-refractivity contribution in [3.05, 3.63) is 11.3 Å². The van der Waals surface area contributed by atoms with Gasteiger partial charge in [0.2, 0.25) is 0 Å². The van der Waals surface area contributed by atoms with Crippen LogP contribution in [0.25, 0.3) is 0 Å². The van der Waals surface area contributed by atoms with Crippen LogP contribution in [-0.4, -0.2) is 59.6 Å². The van der Waals surface area contributed by atoms with Crippen molar-refractivity contribution in [1.29, 1.82) is 0 Å². The zero-order valence-electron chi connectivity index (χ0n) is 17.0. The van der Waals surface area contributed by atoms with Gasteiger partial charge in [-0.05, 0) is 30.9 Å². The van der Waals surface area contributed by atoms with Gasteiger partial charge in [-0.3, -0.25) is 9.89 Å². The van der Waals surface area contributed by atoms with Crippen LogP contribution in [-0.2, 0) is 0 Å². The zero-order chi connectivity index (χ0) is 18.3. The van der Waals surface area contributed by atoms with Crippen LogP contribution in [0.4, 0.5) is 0 Å². The highest BCUT2D eigenvalue weighted by Gasteiger charge is 2.44. The number of hydrogen-bond acceptors (Lipinski definition) is 4. The molecule has 2 atom stereocenters. The van der Waals surface area contributed by atoms with Gasteiger partial charge in [0.15, 0.2) is 0 Å². The van der Waals surface area contributed by atoms with E-state index in [0.29, 0.717) is 6.04 Å². The van der Waals surface area contributed by atoms with Crippen molar-refractivity contribution in [3.63, 3.8) is 0 Å². The maximum Gasteiger partial charge on any atom is 0.109 e. The molecular weight excluding hydrogens is 298 g/mol. The molecule has 2 aliphatic rings. The van der Waals surface area contributed by atoms with Crippen LogP contribution in [0.3, 0.4) is 0 Å². The molecule has 2 aliphatic heterocycles. The highest BCUT2D eigenvalue weighted by atomic mass is 16.3. The molecule has 1 saturated heterocycles. The van der Waals surface area contributed by atoms with E-state index >= 15 is 0 Å². The Morgan fingerprint density at radius 3 is 2.29 bits per heavy atom. The Hall–Kier alpha value is -0.870. The van der Waals surface area contributed by atoms with Crippen molar-refractivity contribution in [2.45, 2.75) is 73.4 Å². The van der Waals surface area contributed by atoms with Gasteiger partial charge < -0.3 is 10.0 Å². The molecular formula is C20H37N3O. The van der Waals surface area contributed by atoms with E-state index in [0.717, 1.165) is 25.9 Å². The molecule has 0 radical (unpaired) electrons. The molecule has 1 N–H and O–H groups in total. The molecule has 4 heteroatoms. The smallest absolute Gasteiger partial charge is 0.109 e. The maximum absolute atomic E-state index is 9.38. The molecule has 0 aromatic carbocycles. The second kappa shape index (κ2) is 6.80. The minimum atomic E-state index is 0.0401. The van der Waals surface area contributed by atoms with E-state index < -0.39 is 0 Å². The Morgan fingerprint density at radius 1 is 1.21 bits per heavy atom. The van der Waals surface area contributed by atoms with E-state index in [9.17, 15) is 5.11 Å². The Labute approximate surface area is 148 Å². The summed E-state index contributed by atoms with van der Waals surface area (Å²) in [5, 5.41) is 9.38. The fourth-order valence-electron chi connectivity index (χ4n) is 4.14. The van der Waals surface area contributed by atoms with Gasteiger partial charge in [-0.1, -0.05) is 48.5 Å². The summed E-state index contributed by atoms with van der Waals surface area (Å²) in [7, 11) is 2.14.